The number of amides is 1. The van der Waals surface area contributed by atoms with Crippen LogP contribution >= 0.6 is 0 Å². The van der Waals surface area contributed by atoms with Gasteiger partial charge in [-0.15, -0.1) is 0 Å². The molecular formula is C23H27N3O3. The number of para-hydroxylation sites is 1. The predicted molar refractivity (Wildman–Crippen MR) is 114 cm³/mol. The first-order chi connectivity index (χ1) is 13.8. The number of hydrogen-bond acceptors (Lipinski definition) is 4. The topological polar surface area (TPSA) is 65.4 Å². The molecule has 0 aliphatic heterocycles. The average Bonchev–Trinajstić information content (AvgIpc) is 3.10. The summed E-state index contributed by atoms with van der Waals surface area (Å²) in [6, 6.07) is 17.2. The van der Waals surface area contributed by atoms with E-state index in [9.17, 15) is 4.79 Å². The van der Waals surface area contributed by atoms with Crippen molar-refractivity contribution < 1.29 is 14.3 Å². The van der Waals surface area contributed by atoms with Gasteiger partial charge in [-0.05, 0) is 17.7 Å². The summed E-state index contributed by atoms with van der Waals surface area (Å²) >= 11 is 0. The SMILES string of the molecule is COc1cccc(C(=O)Nc2cc(C(C)(C)C)nn2Cc2ccccc2)c1OC. The minimum Gasteiger partial charge on any atom is -0.493 e. The van der Waals surface area contributed by atoms with Crippen molar-refractivity contribution in [2.75, 3.05) is 19.5 Å². The smallest absolute Gasteiger partial charge is 0.260 e. The summed E-state index contributed by atoms with van der Waals surface area (Å²) in [5, 5.41) is 7.74. The number of methoxy groups -OCH3 is 2. The largest absolute Gasteiger partial charge is 0.493 e. The monoisotopic (exact) mass is 393 g/mol. The summed E-state index contributed by atoms with van der Waals surface area (Å²) in [4.78, 5) is 13.0. The van der Waals surface area contributed by atoms with E-state index < -0.39 is 0 Å². The minimum atomic E-state index is -0.282. The summed E-state index contributed by atoms with van der Waals surface area (Å²) in [5.74, 6) is 1.26. The van der Waals surface area contributed by atoms with Crippen molar-refractivity contribution in [2.45, 2.75) is 32.7 Å². The van der Waals surface area contributed by atoms with Crippen LogP contribution < -0.4 is 14.8 Å². The van der Waals surface area contributed by atoms with Crippen molar-refractivity contribution in [3.8, 4) is 11.5 Å². The molecular weight excluding hydrogens is 366 g/mol. The number of carbonyl (C=O) groups is 1. The first-order valence-corrected chi connectivity index (χ1v) is 9.48. The van der Waals surface area contributed by atoms with Gasteiger partial charge in [-0.1, -0.05) is 57.2 Å². The molecule has 1 aromatic heterocycles. The van der Waals surface area contributed by atoms with Gasteiger partial charge < -0.3 is 14.8 Å². The molecule has 6 nitrogen and oxygen atoms in total. The maximum atomic E-state index is 13.0. The zero-order valence-electron chi connectivity index (χ0n) is 17.5. The van der Waals surface area contributed by atoms with Crippen LogP contribution in [0.4, 0.5) is 5.82 Å². The molecule has 1 heterocycles. The van der Waals surface area contributed by atoms with Crippen LogP contribution in [0.2, 0.25) is 0 Å². The molecule has 0 radical (unpaired) electrons. The number of benzene rings is 2. The normalized spacial score (nSPS) is 11.2. The Morgan fingerprint density at radius 3 is 2.38 bits per heavy atom. The van der Waals surface area contributed by atoms with Crippen LogP contribution in [0.1, 0.15) is 42.4 Å². The molecule has 1 amide bonds. The fourth-order valence-corrected chi connectivity index (χ4v) is 3.01. The molecule has 152 valence electrons. The van der Waals surface area contributed by atoms with Crippen molar-refractivity contribution in [1.29, 1.82) is 0 Å². The van der Waals surface area contributed by atoms with Gasteiger partial charge in [-0.25, -0.2) is 4.68 Å². The second kappa shape index (κ2) is 8.39. The number of carbonyl (C=O) groups excluding carboxylic acids is 1. The summed E-state index contributed by atoms with van der Waals surface area (Å²) in [5.41, 5.74) is 2.26. The lowest BCUT2D eigenvalue weighted by atomic mass is 9.92. The lowest BCUT2D eigenvalue weighted by Crippen LogP contribution is -2.17. The number of hydrogen-bond donors (Lipinski definition) is 1. The molecule has 0 atom stereocenters. The molecule has 6 heteroatoms. The maximum absolute atomic E-state index is 13.0. The summed E-state index contributed by atoms with van der Waals surface area (Å²) in [6.45, 7) is 6.85. The predicted octanol–water partition coefficient (Wildman–Crippen LogP) is 4.50. The van der Waals surface area contributed by atoms with Gasteiger partial charge in [0.2, 0.25) is 0 Å². The molecule has 3 rings (SSSR count). The summed E-state index contributed by atoms with van der Waals surface area (Å²) < 4.78 is 12.5. The van der Waals surface area contributed by atoms with Crippen molar-refractivity contribution in [3.05, 3.63) is 71.4 Å². The van der Waals surface area contributed by atoms with Gasteiger partial charge in [0.15, 0.2) is 11.5 Å². The Morgan fingerprint density at radius 1 is 1.03 bits per heavy atom. The van der Waals surface area contributed by atoms with Crippen LogP contribution in [-0.4, -0.2) is 29.9 Å². The third-order valence-electron chi connectivity index (χ3n) is 4.61. The van der Waals surface area contributed by atoms with Gasteiger partial charge in [-0.3, -0.25) is 4.79 Å². The Kier molecular flexibility index (Phi) is 5.92. The Morgan fingerprint density at radius 2 is 1.76 bits per heavy atom. The van der Waals surface area contributed by atoms with E-state index >= 15 is 0 Å². The molecule has 0 unspecified atom stereocenters. The highest BCUT2D eigenvalue weighted by molar-refractivity contribution is 6.06. The highest BCUT2D eigenvalue weighted by Gasteiger charge is 2.23. The van der Waals surface area contributed by atoms with Gasteiger partial charge in [0.1, 0.15) is 5.82 Å². The van der Waals surface area contributed by atoms with E-state index in [2.05, 4.69) is 26.1 Å². The van der Waals surface area contributed by atoms with Crippen molar-refractivity contribution in [3.63, 3.8) is 0 Å². The fraction of sp³-hybridized carbons (Fsp3) is 0.304. The standard InChI is InChI=1S/C23H27N3O3/c1-23(2,3)19-14-20(26(25-19)15-16-10-7-6-8-11-16)24-22(27)17-12-9-13-18(28-4)21(17)29-5/h6-14H,15H2,1-5H3,(H,24,27). The van der Waals surface area contributed by atoms with Crippen LogP contribution in [0.25, 0.3) is 0 Å². The van der Waals surface area contributed by atoms with Crippen molar-refractivity contribution in [1.82, 2.24) is 9.78 Å². The Hall–Kier alpha value is -3.28. The number of ether oxygens (including phenoxy) is 2. The van der Waals surface area contributed by atoms with Gasteiger partial charge in [-0.2, -0.15) is 5.10 Å². The van der Waals surface area contributed by atoms with Crippen LogP contribution in [0.5, 0.6) is 11.5 Å². The van der Waals surface area contributed by atoms with Crippen LogP contribution in [-0.2, 0) is 12.0 Å². The molecule has 1 N–H and O–H groups in total. The quantitative estimate of drug-likeness (QED) is 0.670. The number of rotatable bonds is 6. The first-order valence-electron chi connectivity index (χ1n) is 9.48. The molecule has 0 bridgehead atoms. The number of aromatic nitrogens is 2. The average molecular weight is 393 g/mol. The van der Waals surface area contributed by atoms with Crippen molar-refractivity contribution in [2.24, 2.45) is 0 Å². The molecule has 0 aliphatic rings. The molecule has 3 aromatic rings. The number of nitrogens with one attached hydrogen (secondary N) is 1. The second-order valence-electron chi connectivity index (χ2n) is 7.80. The fourth-order valence-electron chi connectivity index (χ4n) is 3.01. The molecule has 0 spiro atoms. The Labute approximate surface area is 171 Å². The van der Waals surface area contributed by atoms with E-state index in [0.717, 1.165) is 11.3 Å². The first kappa shape index (κ1) is 20.5. The van der Waals surface area contributed by atoms with Gasteiger partial charge >= 0.3 is 0 Å². The number of anilines is 1. The zero-order chi connectivity index (χ0) is 21.0. The minimum absolute atomic E-state index is 0.144. The van der Waals surface area contributed by atoms with Gasteiger partial charge in [0.25, 0.3) is 5.91 Å². The second-order valence-corrected chi connectivity index (χ2v) is 7.80. The maximum Gasteiger partial charge on any atom is 0.260 e. The van der Waals surface area contributed by atoms with E-state index in [1.165, 1.54) is 7.11 Å². The highest BCUT2D eigenvalue weighted by atomic mass is 16.5. The number of nitrogens with zero attached hydrogens (tertiary/aromatic N) is 2. The van der Waals surface area contributed by atoms with E-state index in [1.54, 1.807) is 25.3 Å². The Bertz CT molecular complexity index is 988. The zero-order valence-corrected chi connectivity index (χ0v) is 17.5. The lowest BCUT2D eigenvalue weighted by Gasteiger charge is -2.14. The third kappa shape index (κ3) is 4.59. The molecule has 0 saturated carbocycles. The Balaban J connectivity index is 1.96. The van der Waals surface area contributed by atoms with Crippen LogP contribution in [0.3, 0.4) is 0 Å². The molecule has 0 saturated heterocycles. The van der Waals surface area contributed by atoms with Crippen LogP contribution in [0, 0.1) is 0 Å². The molecule has 0 fully saturated rings. The molecule has 0 aliphatic carbocycles. The lowest BCUT2D eigenvalue weighted by molar-refractivity contribution is 0.102. The van der Waals surface area contributed by atoms with Gasteiger partial charge in [0.05, 0.1) is 32.0 Å². The third-order valence-corrected chi connectivity index (χ3v) is 4.61. The van der Waals surface area contributed by atoms with Crippen molar-refractivity contribution >= 4 is 11.7 Å². The van der Waals surface area contributed by atoms with E-state index in [-0.39, 0.29) is 11.3 Å². The molecule has 2 aromatic carbocycles. The van der Waals surface area contributed by atoms with E-state index in [4.69, 9.17) is 14.6 Å². The summed E-state index contributed by atoms with van der Waals surface area (Å²) in [7, 11) is 3.07. The van der Waals surface area contributed by atoms with Crippen LogP contribution in [0.15, 0.2) is 54.6 Å². The van der Waals surface area contributed by atoms with E-state index in [0.29, 0.717) is 29.4 Å². The highest BCUT2D eigenvalue weighted by Crippen LogP contribution is 2.31. The van der Waals surface area contributed by atoms with E-state index in [1.807, 2.05) is 41.1 Å². The molecule has 29 heavy (non-hydrogen) atoms. The van der Waals surface area contributed by atoms with Gasteiger partial charge in [0, 0.05) is 11.5 Å². The summed E-state index contributed by atoms with van der Waals surface area (Å²) in [6.07, 6.45) is 0.